The largest absolute Gasteiger partial charge is 0.298 e. The fourth-order valence-electron chi connectivity index (χ4n) is 1.74. The van der Waals surface area contributed by atoms with Crippen LogP contribution in [0.3, 0.4) is 0 Å². The molecule has 13 heavy (non-hydrogen) atoms. The van der Waals surface area contributed by atoms with Gasteiger partial charge < -0.3 is 0 Å². The summed E-state index contributed by atoms with van der Waals surface area (Å²) in [5, 5.41) is 0. The summed E-state index contributed by atoms with van der Waals surface area (Å²) in [4.78, 5) is 10.6. The summed E-state index contributed by atoms with van der Waals surface area (Å²) in [5.41, 5.74) is 3.33. The molecule has 1 nitrogen and oxygen atoms in total. The lowest BCUT2D eigenvalue weighted by Crippen LogP contribution is -1.91. The topological polar surface area (TPSA) is 17.1 Å². The van der Waals surface area contributed by atoms with Gasteiger partial charge in [0, 0.05) is 5.56 Å². The number of benzene rings is 1. The zero-order valence-corrected chi connectivity index (χ0v) is 7.92. The zero-order chi connectivity index (χ0) is 9.26. The monoisotopic (exact) mass is 174 g/mol. The summed E-state index contributed by atoms with van der Waals surface area (Å²) < 4.78 is 0. The predicted molar refractivity (Wildman–Crippen MR) is 53.0 cm³/mol. The second-order valence-corrected chi connectivity index (χ2v) is 4.02. The van der Waals surface area contributed by atoms with Crippen LogP contribution in [0.15, 0.2) is 18.2 Å². The Labute approximate surface area is 78.8 Å². The quantitative estimate of drug-likeness (QED) is 0.644. The van der Waals surface area contributed by atoms with Gasteiger partial charge in [0.25, 0.3) is 0 Å². The maximum absolute atomic E-state index is 10.6. The van der Waals surface area contributed by atoms with E-state index in [0.29, 0.717) is 0 Å². The Bertz CT molecular complexity index is 324. The van der Waals surface area contributed by atoms with E-state index in [4.69, 9.17) is 0 Å². The SMILES string of the molecule is Cc1cc(C=O)cc(CC2CC2)c1. The third-order valence-corrected chi connectivity index (χ3v) is 2.52. The Kier molecular flexibility index (Phi) is 2.17. The molecule has 1 heteroatoms. The first kappa shape index (κ1) is 8.49. The van der Waals surface area contributed by atoms with Crippen molar-refractivity contribution in [3.63, 3.8) is 0 Å². The highest BCUT2D eigenvalue weighted by molar-refractivity contribution is 5.75. The lowest BCUT2D eigenvalue weighted by molar-refractivity contribution is 0.112. The van der Waals surface area contributed by atoms with Crippen molar-refractivity contribution in [2.75, 3.05) is 0 Å². The maximum Gasteiger partial charge on any atom is 0.150 e. The minimum atomic E-state index is 0.815. The molecule has 0 aromatic heterocycles. The van der Waals surface area contributed by atoms with Crippen LogP contribution in [0.2, 0.25) is 0 Å². The van der Waals surface area contributed by atoms with Crippen LogP contribution >= 0.6 is 0 Å². The van der Waals surface area contributed by atoms with Gasteiger partial charge in [0.2, 0.25) is 0 Å². The normalized spacial score (nSPS) is 15.8. The summed E-state index contributed by atoms with van der Waals surface area (Å²) in [6, 6.07) is 6.13. The van der Waals surface area contributed by atoms with E-state index in [0.717, 1.165) is 24.2 Å². The van der Waals surface area contributed by atoms with E-state index >= 15 is 0 Å². The van der Waals surface area contributed by atoms with E-state index < -0.39 is 0 Å². The predicted octanol–water partition coefficient (Wildman–Crippen LogP) is 2.76. The maximum atomic E-state index is 10.6. The number of aryl methyl sites for hydroxylation is 1. The van der Waals surface area contributed by atoms with Gasteiger partial charge in [-0.25, -0.2) is 0 Å². The van der Waals surface area contributed by atoms with Crippen molar-refractivity contribution < 1.29 is 4.79 Å². The molecule has 0 radical (unpaired) electrons. The first-order chi connectivity index (χ1) is 6.28. The van der Waals surface area contributed by atoms with Crippen molar-refractivity contribution in [3.8, 4) is 0 Å². The molecule has 0 saturated heterocycles. The third-order valence-electron chi connectivity index (χ3n) is 2.52. The number of carbonyl (C=O) groups excluding carboxylic acids is 1. The van der Waals surface area contributed by atoms with Crippen LogP contribution in [0.4, 0.5) is 0 Å². The summed E-state index contributed by atoms with van der Waals surface area (Å²) in [5.74, 6) is 0.890. The number of rotatable bonds is 3. The fraction of sp³-hybridized carbons (Fsp3) is 0.417. The highest BCUT2D eigenvalue weighted by atomic mass is 16.1. The summed E-state index contributed by atoms with van der Waals surface area (Å²) in [6.07, 6.45) is 4.82. The second kappa shape index (κ2) is 3.33. The number of hydrogen-bond acceptors (Lipinski definition) is 1. The number of hydrogen-bond donors (Lipinski definition) is 0. The molecule has 1 saturated carbocycles. The van der Waals surface area contributed by atoms with Crippen LogP contribution in [0.1, 0.15) is 34.3 Å². The van der Waals surface area contributed by atoms with Crippen LogP contribution in [0, 0.1) is 12.8 Å². The molecule has 2 rings (SSSR count). The lowest BCUT2D eigenvalue weighted by atomic mass is 10.0. The molecule has 0 spiro atoms. The van der Waals surface area contributed by atoms with Gasteiger partial charge in [0.15, 0.2) is 0 Å². The first-order valence-electron chi connectivity index (χ1n) is 4.83. The average molecular weight is 174 g/mol. The molecule has 0 heterocycles. The van der Waals surface area contributed by atoms with Gasteiger partial charge in [-0.05, 0) is 49.8 Å². The van der Waals surface area contributed by atoms with Crippen LogP contribution in [0.25, 0.3) is 0 Å². The lowest BCUT2D eigenvalue weighted by Gasteiger charge is -2.02. The summed E-state index contributed by atoms with van der Waals surface area (Å²) in [7, 11) is 0. The van der Waals surface area contributed by atoms with E-state index in [1.165, 1.54) is 24.0 Å². The highest BCUT2D eigenvalue weighted by Crippen LogP contribution is 2.32. The van der Waals surface area contributed by atoms with E-state index in [1.807, 2.05) is 19.1 Å². The molecule has 1 aliphatic carbocycles. The van der Waals surface area contributed by atoms with Crippen molar-refractivity contribution in [2.45, 2.75) is 26.2 Å². The summed E-state index contributed by atoms with van der Waals surface area (Å²) in [6.45, 7) is 2.05. The van der Waals surface area contributed by atoms with E-state index in [-0.39, 0.29) is 0 Å². The first-order valence-corrected chi connectivity index (χ1v) is 4.83. The van der Waals surface area contributed by atoms with Gasteiger partial charge in [0.1, 0.15) is 6.29 Å². The molecule has 1 aliphatic rings. The van der Waals surface area contributed by atoms with Crippen molar-refractivity contribution in [2.24, 2.45) is 5.92 Å². The van der Waals surface area contributed by atoms with Crippen LogP contribution in [0.5, 0.6) is 0 Å². The van der Waals surface area contributed by atoms with Gasteiger partial charge in [-0.1, -0.05) is 11.6 Å². The second-order valence-electron chi connectivity index (χ2n) is 4.02. The molecule has 0 unspecified atom stereocenters. The standard InChI is InChI=1S/C12H14O/c1-9-4-11(6-10-2-3-10)7-12(5-9)8-13/h4-5,7-8,10H,2-3,6H2,1H3. The third kappa shape index (κ3) is 2.18. The van der Waals surface area contributed by atoms with Gasteiger partial charge in [-0.2, -0.15) is 0 Å². The number of aldehydes is 1. The molecular formula is C12H14O. The Balaban J connectivity index is 2.22. The molecular weight excluding hydrogens is 160 g/mol. The molecule has 1 aromatic rings. The van der Waals surface area contributed by atoms with Crippen LogP contribution in [-0.2, 0) is 6.42 Å². The Morgan fingerprint density at radius 3 is 2.77 bits per heavy atom. The van der Waals surface area contributed by atoms with E-state index in [9.17, 15) is 4.79 Å². The Morgan fingerprint density at radius 2 is 2.15 bits per heavy atom. The van der Waals surface area contributed by atoms with Gasteiger partial charge in [-0.3, -0.25) is 4.79 Å². The smallest absolute Gasteiger partial charge is 0.150 e. The minimum Gasteiger partial charge on any atom is -0.298 e. The van der Waals surface area contributed by atoms with Crippen molar-refractivity contribution in [1.82, 2.24) is 0 Å². The van der Waals surface area contributed by atoms with Crippen LogP contribution < -0.4 is 0 Å². The van der Waals surface area contributed by atoms with Crippen molar-refractivity contribution in [3.05, 3.63) is 34.9 Å². The van der Waals surface area contributed by atoms with Crippen molar-refractivity contribution in [1.29, 1.82) is 0 Å². The highest BCUT2D eigenvalue weighted by Gasteiger charge is 2.21. The molecule has 1 fully saturated rings. The Morgan fingerprint density at radius 1 is 1.38 bits per heavy atom. The molecule has 68 valence electrons. The molecule has 0 atom stereocenters. The van der Waals surface area contributed by atoms with Gasteiger partial charge >= 0.3 is 0 Å². The molecule has 0 amide bonds. The van der Waals surface area contributed by atoms with Crippen LogP contribution in [-0.4, -0.2) is 6.29 Å². The Hall–Kier alpha value is -1.11. The fourth-order valence-corrected chi connectivity index (χ4v) is 1.74. The minimum absolute atomic E-state index is 0.815. The summed E-state index contributed by atoms with van der Waals surface area (Å²) >= 11 is 0. The van der Waals surface area contributed by atoms with Crippen molar-refractivity contribution >= 4 is 6.29 Å². The molecule has 1 aromatic carbocycles. The van der Waals surface area contributed by atoms with E-state index in [1.54, 1.807) is 0 Å². The molecule has 0 N–H and O–H groups in total. The molecule has 0 aliphatic heterocycles. The zero-order valence-electron chi connectivity index (χ0n) is 7.92. The van der Waals surface area contributed by atoms with Gasteiger partial charge in [-0.15, -0.1) is 0 Å². The van der Waals surface area contributed by atoms with E-state index in [2.05, 4.69) is 6.07 Å². The average Bonchev–Trinajstić information content (AvgIpc) is 2.87. The molecule has 0 bridgehead atoms. The number of carbonyl (C=O) groups is 1. The van der Waals surface area contributed by atoms with Gasteiger partial charge in [0.05, 0.1) is 0 Å².